The highest BCUT2D eigenvalue weighted by Crippen LogP contribution is 2.19. The second-order valence-electron chi connectivity index (χ2n) is 5.21. The van der Waals surface area contributed by atoms with Crippen LogP contribution in [0.2, 0.25) is 0 Å². The maximum atomic E-state index is 4.46. The third-order valence-electron chi connectivity index (χ3n) is 3.02. The molecular weight excluding hydrogens is 272 g/mol. The van der Waals surface area contributed by atoms with Gasteiger partial charge in [-0.25, -0.2) is 0 Å². The Kier molecular flexibility index (Phi) is 6.68. The second-order valence-corrected chi connectivity index (χ2v) is 5.21. The zero-order chi connectivity index (χ0) is 13.7. The molecule has 20 heavy (non-hydrogen) atoms. The topological polar surface area (TPSA) is 42.7 Å². The number of nitrogens with zero attached hydrogens (tertiary/aromatic N) is 3. The summed E-state index contributed by atoms with van der Waals surface area (Å²) in [6, 6.07) is 10.2. The molecule has 2 rings (SSSR count). The second kappa shape index (κ2) is 8.02. The van der Waals surface area contributed by atoms with Gasteiger partial charge in [-0.3, -0.25) is 0 Å². The van der Waals surface area contributed by atoms with Gasteiger partial charge in [0.05, 0.1) is 0 Å². The first kappa shape index (κ1) is 16.7. The van der Waals surface area contributed by atoms with Crippen molar-refractivity contribution in [1.82, 2.24) is 20.3 Å². The zero-order valence-electron chi connectivity index (χ0n) is 12.3. The van der Waals surface area contributed by atoms with E-state index in [2.05, 4.69) is 41.5 Å². The average Bonchev–Trinajstić information content (AvgIpc) is 2.77. The van der Waals surface area contributed by atoms with Crippen molar-refractivity contribution in [1.29, 1.82) is 0 Å². The third-order valence-corrected chi connectivity index (χ3v) is 3.02. The Morgan fingerprint density at radius 3 is 2.50 bits per heavy atom. The van der Waals surface area contributed by atoms with Crippen molar-refractivity contribution in [3.63, 3.8) is 0 Å². The molecule has 0 unspecified atom stereocenters. The molecule has 5 heteroatoms. The molecule has 0 saturated heterocycles. The third kappa shape index (κ3) is 4.62. The van der Waals surface area contributed by atoms with Crippen LogP contribution in [0.5, 0.6) is 0 Å². The lowest BCUT2D eigenvalue weighted by atomic mass is 10.1. The average molecular weight is 295 g/mol. The molecule has 0 bridgehead atoms. The number of hydrogen-bond donors (Lipinski definition) is 1. The summed E-state index contributed by atoms with van der Waals surface area (Å²) in [5.74, 6) is 0.725. The molecule has 0 aliphatic rings. The minimum atomic E-state index is 0. The van der Waals surface area contributed by atoms with Crippen LogP contribution in [0.3, 0.4) is 0 Å². The van der Waals surface area contributed by atoms with E-state index in [-0.39, 0.29) is 12.4 Å². The van der Waals surface area contributed by atoms with Crippen molar-refractivity contribution < 1.29 is 0 Å². The molecule has 1 heterocycles. The van der Waals surface area contributed by atoms with Crippen LogP contribution in [-0.2, 0) is 13.6 Å². The van der Waals surface area contributed by atoms with Crippen LogP contribution >= 0.6 is 12.4 Å². The number of aromatic nitrogens is 3. The molecule has 0 radical (unpaired) electrons. The summed E-state index contributed by atoms with van der Waals surface area (Å²) in [5, 5.41) is 12.3. The predicted molar refractivity (Wildman–Crippen MR) is 84.8 cm³/mol. The number of rotatable bonds is 6. The number of benzene rings is 1. The molecule has 4 nitrogen and oxygen atoms in total. The van der Waals surface area contributed by atoms with E-state index in [0.29, 0.717) is 0 Å². The molecule has 0 aliphatic heterocycles. The van der Waals surface area contributed by atoms with Crippen molar-refractivity contribution in [2.45, 2.75) is 26.8 Å². The zero-order valence-corrected chi connectivity index (χ0v) is 13.2. The summed E-state index contributed by atoms with van der Waals surface area (Å²) in [4.78, 5) is 1.64. The van der Waals surface area contributed by atoms with Crippen LogP contribution in [0.25, 0.3) is 11.3 Å². The van der Waals surface area contributed by atoms with Crippen LogP contribution in [0.4, 0.5) is 0 Å². The summed E-state index contributed by atoms with van der Waals surface area (Å²) >= 11 is 0. The summed E-state index contributed by atoms with van der Waals surface area (Å²) in [5.41, 5.74) is 3.11. The van der Waals surface area contributed by atoms with Crippen molar-refractivity contribution >= 4 is 12.4 Å². The minimum Gasteiger partial charge on any atom is -0.311 e. The quantitative estimate of drug-likeness (QED) is 0.833. The highest BCUT2D eigenvalue weighted by atomic mass is 35.5. The van der Waals surface area contributed by atoms with E-state index in [1.165, 1.54) is 6.42 Å². The summed E-state index contributed by atoms with van der Waals surface area (Å²) in [6.07, 6.45) is 1.18. The molecule has 0 saturated carbocycles. The fourth-order valence-corrected chi connectivity index (χ4v) is 1.98. The van der Waals surface area contributed by atoms with Crippen LogP contribution in [-0.4, -0.2) is 21.5 Å². The fraction of sp³-hybridized carbons (Fsp3) is 0.467. The largest absolute Gasteiger partial charge is 0.311 e. The van der Waals surface area contributed by atoms with Crippen molar-refractivity contribution in [2.24, 2.45) is 13.0 Å². The number of aryl methyl sites for hydroxylation is 1. The van der Waals surface area contributed by atoms with Gasteiger partial charge < -0.3 is 5.32 Å². The van der Waals surface area contributed by atoms with E-state index in [0.717, 1.165) is 36.0 Å². The standard InChI is InChI=1S/C15H22N4.ClH/c1-12(2)9-10-16-11-14-15(18-19(3)17-14)13-7-5-4-6-8-13;/h4-8,12,16H,9-11H2,1-3H3;1H. The predicted octanol–water partition coefficient (Wildman–Crippen LogP) is 3.04. The number of hydrogen-bond acceptors (Lipinski definition) is 3. The smallest absolute Gasteiger partial charge is 0.117 e. The van der Waals surface area contributed by atoms with Crippen LogP contribution in [0.1, 0.15) is 26.0 Å². The fourth-order valence-electron chi connectivity index (χ4n) is 1.98. The van der Waals surface area contributed by atoms with Crippen LogP contribution in [0.15, 0.2) is 30.3 Å². The Labute approximate surface area is 127 Å². The Bertz CT molecular complexity index is 508. The monoisotopic (exact) mass is 294 g/mol. The first-order valence-corrected chi connectivity index (χ1v) is 6.83. The van der Waals surface area contributed by atoms with Gasteiger partial charge in [0.1, 0.15) is 11.4 Å². The van der Waals surface area contributed by atoms with Crippen LogP contribution < -0.4 is 5.32 Å². The highest BCUT2D eigenvalue weighted by Gasteiger charge is 2.11. The van der Waals surface area contributed by atoms with Gasteiger partial charge in [-0.1, -0.05) is 44.2 Å². The Balaban J connectivity index is 0.00000200. The minimum absolute atomic E-state index is 0. The van der Waals surface area contributed by atoms with Gasteiger partial charge in [-0.2, -0.15) is 15.0 Å². The van der Waals surface area contributed by atoms with Gasteiger partial charge in [0.2, 0.25) is 0 Å². The summed E-state index contributed by atoms with van der Waals surface area (Å²) in [6.45, 7) is 6.26. The number of nitrogens with one attached hydrogen (secondary N) is 1. The maximum Gasteiger partial charge on any atom is 0.117 e. The van der Waals surface area contributed by atoms with Gasteiger partial charge in [0, 0.05) is 19.2 Å². The van der Waals surface area contributed by atoms with E-state index in [1.807, 2.05) is 25.2 Å². The van der Waals surface area contributed by atoms with Crippen molar-refractivity contribution in [3.8, 4) is 11.3 Å². The Hall–Kier alpha value is -1.39. The molecule has 1 aromatic heterocycles. The van der Waals surface area contributed by atoms with Crippen molar-refractivity contribution in [2.75, 3.05) is 6.54 Å². The lowest BCUT2D eigenvalue weighted by molar-refractivity contribution is 0.532. The Morgan fingerprint density at radius 1 is 1.15 bits per heavy atom. The molecule has 1 N–H and O–H groups in total. The lowest BCUT2D eigenvalue weighted by Gasteiger charge is -2.06. The maximum absolute atomic E-state index is 4.46. The van der Waals surface area contributed by atoms with E-state index >= 15 is 0 Å². The molecular formula is C15H23ClN4. The van der Waals surface area contributed by atoms with Crippen LogP contribution in [0, 0.1) is 5.92 Å². The molecule has 0 aliphatic carbocycles. The van der Waals surface area contributed by atoms with E-state index in [4.69, 9.17) is 0 Å². The molecule has 0 spiro atoms. The van der Waals surface area contributed by atoms with Gasteiger partial charge >= 0.3 is 0 Å². The molecule has 1 aromatic carbocycles. The molecule has 110 valence electrons. The van der Waals surface area contributed by atoms with Crippen molar-refractivity contribution in [3.05, 3.63) is 36.0 Å². The van der Waals surface area contributed by atoms with Gasteiger partial charge in [-0.15, -0.1) is 12.4 Å². The molecule has 0 atom stereocenters. The first-order valence-electron chi connectivity index (χ1n) is 6.83. The first-order chi connectivity index (χ1) is 9.16. The SMILES string of the molecule is CC(C)CCNCc1nn(C)nc1-c1ccccc1.Cl. The van der Waals surface area contributed by atoms with E-state index in [9.17, 15) is 0 Å². The van der Waals surface area contributed by atoms with Gasteiger partial charge in [0.25, 0.3) is 0 Å². The highest BCUT2D eigenvalue weighted by molar-refractivity contribution is 5.85. The summed E-state index contributed by atoms with van der Waals surface area (Å²) < 4.78 is 0. The Morgan fingerprint density at radius 2 is 1.85 bits per heavy atom. The molecule has 0 fully saturated rings. The molecule has 2 aromatic rings. The van der Waals surface area contributed by atoms with Gasteiger partial charge in [-0.05, 0) is 18.9 Å². The normalized spacial score (nSPS) is 10.6. The number of halogens is 1. The van der Waals surface area contributed by atoms with Gasteiger partial charge in [0.15, 0.2) is 0 Å². The lowest BCUT2D eigenvalue weighted by Crippen LogP contribution is -2.17. The summed E-state index contributed by atoms with van der Waals surface area (Å²) in [7, 11) is 1.87. The van der Waals surface area contributed by atoms with E-state index in [1.54, 1.807) is 4.80 Å². The molecule has 0 amide bonds. The van der Waals surface area contributed by atoms with E-state index < -0.39 is 0 Å².